The average molecular weight is 355 g/mol. The highest BCUT2D eigenvalue weighted by Crippen LogP contribution is 2.38. The lowest BCUT2D eigenvalue weighted by Crippen LogP contribution is -2.33. The van der Waals surface area contributed by atoms with Gasteiger partial charge < -0.3 is 9.84 Å². The van der Waals surface area contributed by atoms with Gasteiger partial charge in [-0.25, -0.2) is 9.59 Å². The van der Waals surface area contributed by atoms with Gasteiger partial charge in [-0.3, -0.25) is 10.00 Å². The molecule has 1 heterocycles. The summed E-state index contributed by atoms with van der Waals surface area (Å²) < 4.78 is 6.63. The number of benzene rings is 1. The summed E-state index contributed by atoms with van der Waals surface area (Å²) in [6, 6.07) is 3.97. The van der Waals surface area contributed by atoms with Crippen molar-refractivity contribution in [3.63, 3.8) is 0 Å². The molecule has 2 aliphatic rings. The molecule has 0 unspecified atom stereocenters. The van der Waals surface area contributed by atoms with Gasteiger partial charge in [0, 0.05) is 12.4 Å². The van der Waals surface area contributed by atoms with Crippen molar-refractivity contribution in [2.45, 2.75) is 51.2 Å². The van der Waals surface area contributed by atoms with Crippen molar-refractivity contribution in [3.8, 4) is 0 Å². The van der Waals surface area contributed by atoms with Crippen molar-refractivity contribution in [1.29, 1.82) is 0 Å². The number of aliphatic carboxylic acids is 1. The second-order valence-electron chi connectivity index (χ2n) is 6.82. The van der Waals surface area contributed by atoms with Gasteiger partial charge in [-0.15, -0.1) is 0 Å². The molecule has 2 aromatic rings. The number of hydrogen-bond donors (Lipinski definition) is 2. The Bertz CT molecular complexity index is 813. The summed E-state index contributed by atoms with van der Waals surface area (Å²) in [6.07, 6.45) is 7.27. The molecule has 7 heteroatoms. The summed E-state index contributed by atoms with van der Waals surface area (Å²) in [4.78, 5) is 23.9. The smallest absolute Gasteiger partial charge is 0.412 e. The molecule has 4 rings (SSSR count). The lowest BCUT2D eigenvalue weighted by Gasteiger charge is -2.18. The Morgan fingerprint density at radius 3 is 2.46 bits per heavy atom. The summed E-state index contributed by atoms with van der Waals surface area (Å²) in [6.45, 7) is -0.0270. The summed E-state index contributed by atoms with van der Waals surface area (Å²) in [7, 11) is 0. The van der Waals surface area contributed by atoms with E-state index in [2.05, 4.69) is 16.5 Å². The number of carboxylic acids is 1. The molecule has 0 fully saturated rings. The highest BCUT2D eigenvalue weighted by atomic mass is 16.6. The molecule has 0 bridgehead atoms. The predicted molar refractivity (Wildman–Crippen MR) is 94.2 cm³/mol. The van der Waals surface area contributed by atoms with E-state index in [9.17, 15) is 14.7 Å². The van der Waals surface area contributed by atoms with E-state index >= 15 is 0 Å². The highest BCUT2D eigenvalue weighted by Gasteiger charge is 2.27. The molecule has 7 nitrogen and oxygen atoms in total. The number of carboxylic acid groups (broad SMARTS) is 1. The molecule has 2 N–H and O–H groups in total. The maximum absolute atomic E-state index is 12.4. The number of carbonyl (C=O) groups excluding carboxylic acids is 1. The number of fused-ring (bicyclic) bond motifs is 2. The zero-order valence-electron chi connectivity index (χ0n) is 14.4. The van der Waals surface area contributed by atoms with Crippen molar-refractivity contribution >= 4 is 17.7 Å². The third kappa shape index (κ3) is 3.16. The van der Waals surface area contributed by atoms with E-state index in [0.29, 0.717) is 0 Å². The van der Waals surface area contributed by atoms with E-state index in [1.165, 1.54) is 26.9 Å². The first kappa shape index (κ1) is 16.6. The number of nitrogens with zero attached hydrogens (tertiary/aromatic N) is 2. The highest BCUT2D eigenvalue weighted by molar-refractivity contribution is 5.90. The normalized spacial score (nSPS) is 16.0. The minimum Gasteiger partial charge on any atom is -0.478 e. The van der Waals surface area contributed by atoms with Crippen molar-refractivity contribution < 1.29 is 19.4 Å². The van der Waals surface area contributed by atoms with Gasteiger partial charge in [0.2, 0.25) is 6.10 Å². The summed E-state index contributed by atoms with van der Waals surface area (Å²) in [5, 5.41) is 16.2. The first-order valence-corrected chi connectivity index (χ1v) is 8.96. The van der Waals surface area contributed by atoms with E-state index in [1.807, 2.05) is 0 Å². The van der Waals surface area contributed by atoms with Crippen LogP contribution >= 0.6 is 0 Å². The third-order valence-corrected chi connectivity index (χ3v) is 5.14. The summed E-state index contributed by atoms with van der Waals surface area (Å²) in [5.74, 6) is -1.20. The minimum absolute atomic E-state index is 0.0270. The fourth-order valence-corrected chi connectivity index (χ4v) is 3.97. The number of nitrogens with one attached hydrogen (secondary N) is 1. The van der Waals surface area contributed by atoms with Gasteiger partial charge in [0.15, 0.2) is 0 Å². The van der Waals surface area contributed by atoms with Crippen molar-refractivity contribution in [1.82, 2.24) is 9.78 Å². The SMILES string of the molecule is O=C(Nc1c2c(cc3c1CCC3)CCC2)O[C@H](Cn1cccn1)C(=O)O. The number of ether oxygens (including phenoxy) is 1. The summed E-state index contributed by atoms with van der Waals surface area (Å²) >= 11 is 0. The van der Waals surface area contributed by atoms with Crippen LogP contribution < -0.4 is 5.32 Å². The van der Waals surface area contributed by atoms with Crippen molar-refractivity contribution in [2.75, 3.05) is 5.32 Å². The van der Waals surface area contributed by atoms with Gasteiger partial charge in [-0.1, -0.05) is 6.07 Å². The second-order valence-corrected chi connectivity index (χ2v) is 6.82. The Hall–Kier alpha value is -2.83. The average Bonchev–Trinajstić information content (AvgIpc) is 3.35. The van der Waals surface area contributed by atoms with Crippen LogP contribution in [0.25, 0.3) is 0 Å². The Labute approximate surface area is 151 Å². The molecule has 26 heavy (non-hydrogen) atoms. The second kappa shape index (κ2) is 6.82. The Balaban J connectivity index is 1.52. The van der Waals surface area contributed by atoms with Crippen LogP contribution in [-0.4, -0.2) is 33.1 Å². The molecule has 1 aromatic carbocycles. The predicted octanol–water partition coefficient (Wildman–Crippen LogP) is 2.56. The molecule has 0 aliphatic heterocycles. The van der Waals surface area contributed by atoms with Crippen LogP contribution in [0.2, 0.25) is 0 Å². The molecule has 0 radical (unpaired) electrons. The molecule has 1 amide bonds. The van der Waals surface area contributed by atoms with Crippen LogP contribution in [0.1, 0.15) is 35.1 Å². The number of hydrogen-bond acceptors (Lipinski definition) is 4. The fraction of sp³-hybridized carbons (Fsp3) is 0.421. The molecule has 0 spiro atoms. The molecule has 0 saturated carbocycles. The van der Waals surface area contributed by atoms with Gasteiger partial charge in [0.05, 0.1) is 12.2 Å². The Morgan fingerprint density at radius 1 is 1.19 bits per heavy atom. The first-order valence-electron chi connectivity index (χ1n) is 8.96. The monoisotopic (exact) mass is 355 g/mol. The van der Waals surface area contributed by atoms with Crippen LogP contribution in [0.3, 0.4) is 0 Å². The number of aromatic nitrogens is 2. The van der Waals surface area contributed by atoms with Gasteiger partial charge in [-0.05, 0) is 66.8 Å². The third-order valence-electron chi connectivity index (χ3n) is 5.14. The quantitative estimate of drug-likeness (QED) is 0.860. The Morgan fingerprint density at radius 2 is 1.88 bits per heavy atom. The zero-order chi connectivity index (χ0) is 18.1. The largest absolute Gasteiger partial charge is 0.478 e. The molecule has 2 aliphatic carbocycles. The minimum atomic E-state index is -1.29. The van der Waals surface area contributed by atoms with Crippen LogP contribution in [-0.2, 0) is 41.8 Å². The maximum atomic E-state index is 12.4. The maximum Gasteiger partial charge on any atom is 0.412 e. The van der Waals surface area contributed by atoms with Gasteiger partial charge >= 0.3 is 12.1 Å². The van der Waals surface area contributed by atoms with Crippen molar-refractivity contribution in [3.05, 3.63) is 46.8 Å². The standard InChI is InChI=1S/C19H21N3O4/c23-18(24)16(11-22-9-3-8-20-22)26-19(25)21-17-14-6-1-4-12(14)10-13-5-2-7-15(13)17/h3,8-10,16H,1-2,4-7,11H2,(H,21,25)(H,23,24)/t16-/m1/s1. The van der Waals surface area contributed by atoms with E-state index in [1.54, 1.807) is 18.5 Å². The number of amides is 1. The topological polar surface area (TPSA) is 93.5 Å². The van der Waals surface area contributed by atoms with Crippen LogP contribution in [0.4, 0.5) is 10.5 Å². The number of anilines is 1. The lowest BCUT2D eigenvalue weighted by atomic mass is 9.99. The number of rotatable bonds is 5. The lowest BCUT2D eigenvalue weighted by molar-refractivity contribution is -0.147. The summed E-state index contributed by atoms with van der Waals surface area (Å²) in [5.41, 5.74) is 5.81. The number of carbonyl (C=O) groups is 2. The van der Waals surface area contributed by atoms with Gasteiger partial charge in [0.25, 0.3) is 0 Å². The van der Waals surface area contributed by atoms with Gasteiger partial charge in [0.1, 0.15) is 0 Å². The fourth-order valence-electron chi connectivity index (χ4n) is 3.97. The molecule has 1 atom stereocenters. The van der Waals surface area contributed by atoms with E-state index in [0.717, 1.165) is 44.2 Å². The van der Waals surface area contributed by atoms with E-state index < -0.39 is 18.2 Å². The van der Waals surface area contributed by atoms with E-state index in [4.69, 9.17) is 4.74 Å². The number of aryl methyl sites for hydroxylation is 2. The van der Waals surface area contributed by atoms with Crippen molar-refractivity contribution in [2.24, 2.45) is 0 Å². The van der Waals surface area contributed by atoms with Crippen LogP contribution in [0, 0.1) is 0 Å². The molecule has 136 valence electrons. The van der Waals surface area contributed by atoms with Gasteiger partial charge in [-0.2, -0.15) is 5.10 Å². The van der Waals surface area contributed by atoms with E-state index in [-0.39, 0.29) is 6.54 Å². The van der Waals surface area contributed by atoms with Crippen LogP contribution in [0.15, 0.2) is 24.5 Å². The molecule has 0 saturated heterocycles. The molecular formula is C19H21N3O4. The molecule has 1 aromatic heterocycles. The first-order chi connectivity index (χ1) is 12.6. The Kier molecular flexibility index (Phi) is 4.36. The van der Waals surface area contributed by atoms with Crippen LogP contribution in [0.5, 0.6) is 0 Å². The zero-order valence-corrected chi connectivity index (χ0v) is 14.4. The molecular weight excluding hydrogens is 334 g/mol.